The molecule has 0 saturated heterocycles. The molecule has 0 rings (SSSR count). The molecule has 0 unspecified atom stereocenters. The number of rotatable bonds is 2. The smallest absolute Gasteiger partial charge is 0.212 e. The Balaban J connectivity index is 5.29. The Kier molecular flexibility index (Phi) is 3.14. The molecule has 0 radical (unpaired) electrons. The van der Waals surface area contributed by atoms with Gasteiger partial charge in [-0.25, -0.2) is 8.78 Å². The SMILES string of the molecule is F/C=C(\F)C(F)(F)C(F)(F)C(F)(F)F. The van der Waals surface area contributed by atoms with Gasteiger partial charge in [0.25, 0.3) is 0 Å². The minimum atomic E-state index is -6.67. The zero-order valence-electron chi connectivity index (χ0n) is 5.98. The molecule has 0 aliphatic heterocycles. The van der Waals surface area contributed by atoms with E-state index in [0.29, 0.717) is 0 Å². The van der Waals surface area contributed by atoms with Gasteiger partial charge in [-0.3, -0.25) is 0 Å². The molecule has 0 aromatic rings. The van der Waals surface area contributed by atoms with Crippen molar-refractivity contribution in [2.24, 2.45) is 0 Å². The van der Waals surface area contributed by atoms with Gasteiger partial charge in [-0.05, 0) is 0 Å². The molecule has 0 aromatic carbocycles. The topological polar surface area (TPSA) is 0 Å². The quantitative estimate of drug-likeness (QED) is 0.638. The molecule has 0 N–H and O–H groups in total. The van der Waals surface area contributed by atoms with Crippen LogP contribution in [0.2, 0.25) is 0 Å². The lowest BCUT2D eigenvalue weighted by Crippen LogP contribution is -2.52. The Hall–Kier alpha value is -0.890. The first kappa shape index (κ1) is 13.1. The van der Waals surface area contributed by atoms with Crippen LogP contribution in [-0.2, 0) is 0 Å². The first-order valence-corrected chi connectivity index (χ1v) is 2.77. The molecule has 0 heterocycles. The van der Waals surface area contributed by atoms with Crippen LogP contribution >= 0.6 is 0 Å². The molecule has 84 valence electrons. The second kappa shape index (κ2) is 3.35. The van der Waals surface area contributed by atoms with E-state index in [4.69, 9.17) is 0 Å². The fraction of sp³-hybridized carbons (Fsp3) is 0.600. The Morgan fingerprint density at radius 1 is 0.857 bits per heavy atom. The Bertz CT molecular complexity index is 234. The molecule has 0 amide bonds. The Morgan fingerprint density at radius 3 is 1.43 bits per heavy atom. The largest absolute Gasteiger partial charge is 0.460 e. The summed E-state index contributed by atoms with van der Waals surface area (Å²) < 4.78 is 104. The molecule has 9 heteroatoms. The van der Waals surface area contributed by atoms with Crippen LogP contribution in [0, 0.1) is 0 Å². The van der Waals surface area contributed by atoms with Crippen molar-refractivity contribution < 1.29 is 39.5 Å². The second-order valence-corrected chi connectivity index (χ2v) is 2.10. The average molecular weight is 232 g/mol. The Morgan fingerprint density at radius 2 is 1.21 bits per heavy atom. The maximum Gasteiger partial charge on any atom is 0.460 e. The Labute approximate surface area is 71.0 Å². The summed E-state index contributed by atoms with van der Waals surface area (Å²) in [5, 5.41) is 0. The molecule has 0 spiro atoms. The molecule has 14 heavy (non-hydrogen) atoms. The van der Waals surface area contributed by atoms with Crippen molar-refractivity contribution in [2.45, 2.75) is 18.0 Å². The standard InChI is InChI=1S/C5HF9/c6-1-2(7)3(8,9)4(10,11)5(12,13)14/h1H/b2-1-. The van der Waals surface area contributed by atoms with Gasteiger partial charge < -0.3 is 0 Å². The van der Waals surface area contributed by atoms with Crippen LogP contribution < -0.4 is 0 Å². The maximum absolute atomic E-state index is 11.9. The number of halogens is 9. The van der Waals surface area contributed by atoms with E-state index in [1.165, 1.54) is 0 Å². The van der Waals surface area contributed by atoms with E-state index in [9.17, 15) is 39.5 Å². The predicted octanol–water partition coefficient (Wildman–Crippen LogP) is 3.60. The highest BCUT2D eigenvalue weighted by atomic mass is 19.4. The lowest BCUT2D eigenvalue weighted by molar-refractivity contribution is -0.347. The predicted molar refractivity (Wildman–Crippen MR) is 26.2 cm³/mol. The van der Waals surface area contributed by atoms with E-state index < -0.39 is 30.2 Å². The monoisotopic (exact) mass is 232 g/mol. The summed E-state index contributed by atoms with van der Waals surface area (Å²) in [5.74, 6) is -16.4. The third kappa shape index (κ3) is 1.80. The first-order chi connectivity index (χ1) is 5.98. The number of hydrogen-bond donors (Lipinski definition) is 0. The molecule has 0 aliphatic rings. The van der Waals surface area contributed by atoms with E-state index in [1.807, 2.05) is 0 Å². The maximum atomic E-state index is 11.9. The molecule has 0 fully saturated rings. The van der Waals surface area contributed by atoms with Crippen molar-refractivity contribution in [2.75, 3.05) is 0 Å². The summed E-state index contributed by atoms with van der Waals surface area (Å²) in [5.41, 5.74) is 0. The van der Waals surface area contributed by atoms with E-state index in [0.717, 1.165) is 0 Å². The van der Waals surface area contributed by atoms with Crippen molar-refractivity contribution in [1.82, 2.24) is 0 Å². The van der Waals surface area contributed by atoms with E-state index in [2.05, 4.69) is 0 Å². The third-order valence-electron chi connectivity index (χ3n) is 1.15. The zero-order chi connectivity index (χ0) is 11.8. The lowest BCUT2D eigenvalue weighted by atomic mass is 10.1. The van der Waals surface area contributed by atoms with E-state index >= 15 is 0 Å². The van der Waals surface area contributed by atoms with Crippen LogP contribution in [0.4, 0.5) is 39.5 Å². The number of hydrogen-bond acceptors (Lipinski definition) is 0. The van der Waals surface area contributed by atoms with Gasteiger partial charge in [0.1, 0.15) is 6.33 Å². The van der Waals surface area contributed by atoms with Crippen molar-refractivity contribution in [3.8, 4) is 0 Å². The van der Waals surface area contributed by atoms with Gasteiger partial charge in [0.15, 0.2) is 0 Å². The van der Waals surface area contributed by atoms with Crippen LogP contribution in [0.3, 0.4) is 0 Å². The fourth-order valence-corrected chi connectivity index (χ4v) is 0.397. The van der Waals surface area contributed by atoms with Crippen LogP contribution in [0.25, 0.3) is 0 Å². The van der Waals surface area contributed by atoms with Crippen molar-refractivity contribution in [3.63, 3.8) is 0 Å². The fourth-order valence-electron chi connectivity index (χ4n) is 0.397. The molecular formula is C5HF9. The molecule has 0 atom stereocenters. The van der Waals surface area contributed by atoms with Gasteiger partial charge in [-0.15, -0.1) is 0 Å². The highest BCUT2D eigenvalue weighted by Gasteiger charge is 2.75. The number of allylic oxidation sites excluding steroid dienone is 1. The second-order valence-electron chi connectivity index (χ2n) is 2.10. The normalized spacial score (nSPS) is 15.9. The lowest BCUT2D eigenvalue weighted by Gasteiger charge is -2.26. The van der Waals surface area contributed by atoms with Gasteiger partial charge in [-0.2, -0.15) is 30.7 Å². The summed E-state index contributed by atoms with van der Waals surface area (Å²) in [6.07, 6.45) is -8.32. The molecule has 0 aliphatic carbocycles. The van der Waals surface area contributed by atoms with Gasteiger partial charge in [0.2, 0.25) is 5.83 Å². The average Bonchev–Trinajstić information content (AvgIpc) is 2.00. The summed E-state index contributed by atoms with van der Waals surface area (Å²) in [6.45, 7) is 0. The van der Waals surface area contributed by atoms with E-state index in [-0.39, 0.29) is 0 Å². The summed E-state index contributed by atoms with van der Waals surface area (Å²) in [6, 6.07) is 0. The molecule has 0 aromatic heterocycles. The zero-order valence-corrected chi connectivity index (χ0v) is 5.98. The van der Waals surface area contributed by atoms with Crippen LogP contribution in [0.5, 0.6) is 0 Å². The summed E-state index contributed by atoms with van der Waals surface area (Å²) >= 11 is 0. The van der Waals surface area contributed by atoms with Gasteiger partial charge in [0, 0.05) is 0 Å². The van der Waals surface area contributed by atoms with Crippen LogP contribution in [-0.4, -0.2) is 18.0 Å². The molecule has 0 saturated carbocycles. The minimum absolute atomic E-state index is 1.65. The molecule has 0 bridgehead atoms. The van der Waals surface area contributed by atoms with Gasteiger partial charge in [-0.1, -0.05) is 0 Å². The van der Waals surface area contributed by atoms with E-state index in [1.54, 1.807) is 0 Å². The van der Waals surface area contributed by atoms with Crippen LogP contribution in [0.1, 0.15) is 0 Å². The highest BCUT2D eigenvalue weighted by Crippen LogP contribution is 2.49. The summed E-state index contributed by atoms with van der Waals surface area (Å²) in [7, 11) is 0. The molecular weight excluding hydrogens is 231 g/mol. The van der Waals surface area contributed by atoms with Crippen molar-refractivity contribution in [1.29, 1.82) is 0 Å². The third-order valence-corrected chi connectivity index (χ3v) is 1.15. The highest BCUT2D eigenvalue weighted by molar-refractivity contribution is 5.10. The summed E-state index contributed by atoms with van der Waals surface area (Å²) in [4.78, 5) is 0. The van der Waals surface area contributed by atoms with Crippen molar-refractivity contribution >= 4 is 0 Å². The molecule has 0 nitrogen and oxygen atoms in total. The minimum Gasteiger partial charge on any atom is -0.212 e. The first-order valence-electron chi connectivity index (χ1n) is 2.77. The van der Waals surface area contributed by atoms with Crippen LogP contribution in [0.15, 0.2) is 12.2 Å². The van der Waals surface area contributed by atoms with Crippen molar-refractivity contribution in [3.05, 3.63) is 12.2 Å². The van der Waals surface area contributed by atoms with Gasteiger partial charge >= 0.3 is 18.0 Å². The number of alkyl halides is 7. The van der Waals surface area contributed by atoms with Gasteiger partial charge in [0.05, 0.1) is 0 Å².